The molecule has 20 heavy (non-hydrogen) atoms. The second-order valence-electron chi connectivity index (χ2n) is 7.60. The van der Waals surface area contributed by atoms with E-state index in [9.17, 15) is 0 Å². The van der Waals surface area contributed by atoms with Gasteiger partial charge in [0, 0.05) is 6.54 Å². The Morgan fingerprint density at radius 3 is 2.30 bits per heavy atom. The van der Waals surface area contributed by atoms with E-state index in [1.165, 1.54) is 37.8 Å². The summed E-state index contributed by atoms with van der Waals surface area (Å²) in [7, 11) is -1.14. The minimum Gasteiger partial charge on any atom is -0.312 e. The van der Waals surface area contributed by atoms with E-state index in [1.807, 2.05) is 0 Å². The number of hydrogen-bond acceptors (Lipinski definition) is 1. The van der Waals surface area contributed by atoms with Gasteiger partial charge in [-0.3, -0.25) is 0 Å². The van der Waals surface area contributed by atoms with Crippen LogP contribution in [0.3, 0.4) is 0 Å². The summed E-state index contributed by atoms with van der Waals surface area (Å²) in [4.78, 5) is 0. The lowest BCUT2D eigenvalue weighted by molar-refractivity contribution is 0.247. The summed E-state index contributed by atoms with van der Waals surface area (Å²) in [6, 6.07) is 9.30. The third-order valence-corrected chi connectivity index (χ3v) is 6.91. The molecule has 0 aromatic heterocycles. The zero-order valence-corrected chi connectivity index (χ0v) is 14.7. The second-order valence-corrected chi connectivity index (χ2v) is 12.7. The molecule has 0 spiro atoms. The molecule has 1 aromatic carbocycles. The van der Waals surface area contributed by atoms with Gasteiger partial charge in [0.05, 0.1) is 8.07 Å². The van der Waals surface area contributed by atoms with Gasteiger partial charge in [-0.25, -0.2) is 0 Å². The maximum Gasteiger partial charge on any atom is 0.0775 e. The van der Waals surface area contributed by atoms with Gasteiger partial charge in [-0.1, -0.05) is 75.3 Å². The minimum absolute atomic E-state index is 0.894. The van der Waals surface area contributed by atoms with Crippen LogP contribution in [0.4, 0.5) is 0 Å². The second kappa shape index (κ2) is 6.90. The van der Waals surface area contributed by atoms with Crippen LogP contribution in [0.15, 0.2) is 24.3 Å². The van der Waals surface area contributed by atoms with Crippen LogP contribution >= 0.6 is 0 Å². The summed E-state index contributed by atoms with van der Waals surface area (Å²) in [6.45, 7) is 11.9. The highest BCUT2D eigenvalue weighted by atomic mass is 28.3. The first-order chi connectivity index (χ1) is 9.47. The average molecular weight is 290 g/mol. The minimum atomic E-state index is -1.14. The van der Waals surface area contributed by atoms with Gasteiger partial charge in [0.15, 0.2) is 0 Å². The molecule has 0 radical (unpaired) electrons. The summed E-state index contributed by atoms with van der Waals surface area (Å²) in [6.07, 6.45) is 5.72. The van der Waals surface area contributed by atoms with Crippen molar-refractivity contribution in [3.63, 3.8) is 0 Å². The lowest BCUT2D eigenvalue weighted by Gasteiger charge is -2.29. The molecule has 1 saturated carbocycles. The molecule has 0 bridgehead atoms. The maximum atomic E-state index is 3.67. The van der Waals surface area contributed by atoms with E-state index < -0.39 is 8.07 Å². The zero-order valence-electron chi connectivity index (χ0n) is 13.7. The Morgan fingerprint density at radius 1 is 1.05 bits per heavy atom. The molecular weight excluding hydrogens is 258 g/mol. The average Bonchev–Trinajstić information content (AvgIpc) is 2.40. The van der Waals surface area contributed by atoms with Crippen LogP contribution in [-0.2, 0) is 6.54 Å². The molecule has 0 aliphatic heterocycles. The van der Waals surface area contributed by atoms with Crippen molar-refractivity contribution in [2.45, 2.75) is 58.8 Å². The topological polar surface area (TPSA) is 12.0 Å². The molecule has 1 aliphatic rings. The predicted molar refractivity (Wildman–Crippen MR) is 92.3 cm³/mol. The van der Waals surface area contributed by atoms with Crippen molar-refractivity contribution < 1.29 is 0 Å². The summed E-state index contributed by atoms with van der Waals surface area (Å²) in [5.41, 5.74) is 1.43. The van der Waals surface area contributed by atoms with Crippen molar-refractivity contribution in [2.24, 2.45) is 11.8 Å². The summed E-state index contributed by atoms with van der Waals surface area (Å²) in [5.74, 6) is 1.80. The van der Waals surface area contributed by atoms with E-state index in [-0.39, 0.29) is 0 Å². The third kappa shape index (κ3) is 4.46. The SMILES string of the molecule is CC1CCCCC1CNCc1ccc([Si](C)(C)C)cc1. The van der Waals surface area contributed by atoms with Crippen LogP contribution in [0.5, 0.6) is 0 Å². The largest absolute Gasteiger partial charge is 0.312 e. The molecule has 0 heterocycles. The van der Waals surface area contributed by atoms with E-state index in [2.05, 4.69) is 56.1 Å². The summed E-state index contributed by atoms with van der Waals surface area (Å²) < 4.78 is 0. The van der Waals surface area contributed by atoms with Crippen molar-refractivity contribution in [3.8, 4) is 0 Å². The number of hydrogen-bond donors (Lipinski definition) is 1. The van der Waals surface area contributed by atoms with Gasteiger partial charge in [0.25, 0.3) is 0 Å². The monoisotopic (exact) mass is 289 g/mol. The van der Waals surface area contributed by atoms with Gasteiger partial charge in [-0.2, -0.15) is 0 Å². The highest BCUT2D eigenvalue weighted by Gasteiger charge is 2.20. The summed E-state index contributed by atoms with van der Waals surface area (Å²) in [5, 5.41) is 5.23. The fourth-order valence-corrected chi connectivity index (χ4v) is 4.39. The van der Waals surface area contributed by atoms with Crippen molar-refractivity contribution in [1.82, 2.24) is 5.32 Å². The molecule has 1 N–H and O–H groups in total. The third-order valence-electron chi connectivity index (χ3n) is 4.84. The molecule has 112 valence electrons. The molecule has 1 fully saturated rings. The molecule has 0 amide bonds. The maximum absolute atomic E-state index is 3.67. The Kier molecular flexibility index (Phi) is 5.45. The van der Waals surface area contributed by atoms with Crippen molar-refractivity contribution in [3.05, 3.63) is 29.8 Å². The lowest BCUT2D eigenvalue weighted by atomic mass is 9.80. The van der Waals surface area contributed by atoms with Gasteiger partial charge in [0.1, 0.15) is 0 Å². The first-order valence-electron chi connectivity index (χ1n) is 8.27. The van der Waals surface area contributed by atoms with Gasteiger partial charge < -0.3 is 5.32 Å². The first kappa shape index (κ1) is 15.8. The first-order valence-corrected chi connectivity index (χ1v) is 11.8. The van der Waals surface area contributed by atoms with E-state index >= 15 is 0 Å². The van der Waals surface area contributed by atoms with Gasteiger partial charge >= 0.3 is 0 Å². The number of rotatable bonds is 5. The highest BCUT2D eigenvalue weighted by Crippen LogP contribution is 2.28. The Labute approximate surface area is 126 Å². The quantitative estimate of drug-likeness (QED) is 0.803. The lowest BCUT2D eigenvalue weighted by Crippen LogP contribution is -2.37. The van der Waals surface area contributed by atoms with Crippen LogP contribution in [-0.4, -0.2) is 14.6 Å². The molecule has 2 atom stereocenters. The van der Waals surface area contributed by atoms with E-state index in [4.69, 9.17) is 0 Å². The molecule has 0 saturated heterocycles. The Bertz CT molecular complexity index is 404. The molecule has 1 aliphatic carbocycles. The molecule has 1 aromatic rings. The van der Waals surface area contributed by atoms with Gasteiger partial charge in [-0.05, 0) is 30.4 Å². The molecule has 2 heteroatoms. The molecule has 2 unspecified atom stereocenters. The van der Waals surface area contributed by atoms with Crippen LogP contribution < -0.4 is 10.5 Å². The van der Waals surface area contributed by atoms with E-state index in [0.29, 0.717) is 0 Å². The van der Waals surface area contributed by atoms with Crippen LogP contribution in [0, 0.1) is 11.8 Å². The highest BCUT2D eigenvalue weighted by molar-refractivity contribution is 6.88. The Hall–Kier alpha value is -0.603. The summed E-state index contributed by atoms with van der Waals surface area (Å²) >= 11 is 0. The fourth-order valence-electron chi connectivity index (χ4n) is 3.22. The smallest absolute Gasteiger partial charge is 0.0775 e. The molecular formula is C18H31NSi. The predicted octanol–water partition coefficient (Wildman–Crippen LogP) is 4.15. The fraction of sp³-hybridized carbons (Fsp3) is 0.667. The van der Waals surface area contributed by atoms with Crippen LogP contribution in [0.1, 0.15) is 38.2 Å². The molecule has 1 nitrogen and oxygen atoms in total. The standard InChI is InChI=1S/C18H31NSi/c1-15-7-5-6-8-17(15)14-19-13-16-9-11-18(12-10-16)20(2,3)4/h9-12,15,17,19H,5-8,13-14H2,1-4H3. The van der Waals surface area contributed by atoms with Crippen LogP contribution in [0.25, 0.3) is 0 Å². The van der Waals surface area contributed by atoms with E-state index in [1.54, 1.807) is 5.19 Å². The normalized spacial score (nSPS) is 23.8. The van der Waals surface area contributed by atoms with E-state index in [0.717, 1.165) is 18.4 Å². The van der Waals surface area contributed by atoms with Crippen molar-refractivity contribution in [1.29, 1.82) is 0 Å². The van der Waals surface area contributed by atoms with Crippen molar-refractivity contribution in [2.75, 3.05) is 6.54 Å². The van der Waals surface area contributed by atoms with Crippen molar-refractivity contribution >= 4 is 13.3 Å². The van der Waals surface area contributed by atoms with Gasteiger partial charge in [0.2, 0.25) is 0 Å². The molecule has 2 rings (SSSR count). The number of benzene rings is 1. The zero-order chi connectivity index (χ0) is 14.6. The Morgan fingerprint density at radius 2 is 1.70 bits per heavy atom. The van der Waals surface area contributed by atoms with Gasteiger partial charge in [-0.15, -0.1) is 0 Å². The van der Waals surface area contributed by atoms with Crippen LogP contribution in [0.2, 0.25) is 19.6 Å². The number of nitrogens with one attached hydrogen (secondary N) is 1. The Balaban J connectivity index is 1.79.